The summed E-state index contributed by atoms with van der Waals surface area (Å²) in [7, 11) is 4.66. The summed E-state index contributed by atoms with van der Waals surface area (Å²) in [6.07, 6.45) is 1.72. The molecule has 0 N–H and O–H groups in total. The second kappa shape index (κ2) is 8.75. The number of ether oxygens (including phenoxy) is 3. The van der Waals surface area contributed by atoms with Crippen LogP contribution in [0.2, 0.25) is 0 Å². The van der Waals surface area contributed by atoms with Crippen molar-refractivity contribution in [2.75, 3.05) is 26.2 Å². The van der Waals surface area contributed by atoms with E-state index in [0.717, 1.165) is 11.3 Å². The second-order valence-electron chi connectivity index (χ2n) is 6.77. The molecule has 0 radical (unpaired) electrons. The summed E-state index contributed by atoms with van der Waals surface area (Å²) in [6, 6.07) is 22.7. The minimum atomic E-state index is -0.209. The Morgan fingerprint density at radius 3 is 1.94 bits per heavy atom. The summed E-state index contributed by atoms with van der Waals surface area (Å²) in [6.45, 7) is 0. The van der Waals surface area contributed by atoms with Gasteiger partial charge >= 0.3 is 0 Å². The van der Waals surface area contributed by atoms with Gasteiger partial charge in [-0.15, -0.1) is 0 Å². The molecule has 6 nitrogen and oxygen atoms in total. The molecule has 0 saturated heterocycles. The van der Waals surface area contributed by atoms with E-state index in [9.17, 15) is 4.79 Å². The Bertz CT molecular complexity index is 1130. The molecule has 1 heterocycles. The summed E-state index contributed by atoms with van der Waals surface area (Å²) < 4.78 is 16.2. The molecule has 3 aromatic rings. The smallest absolute Gasteiger partial charge is 0.282 e. The van der Waals surface area contributed by atoms with Crippen LogP contribution in [-0.2, 0) is 4.79 Å². The van der Waals surface area contributed by atoms with Crippen molar-refractivity contribution in [3.8, 4) is 17.2 Å². The number of amides is 1. The molecule has 4 rings (SSSR count). The highest BCUT2D eigenvalue weighted by Crippen LogP contribution is 2.39. The summed E-state index contributed by atoms with van der Waals surface area (Å²) in [5, 5.41) is 0. The van der Waals surface area contributed by atoms with Gasteiger partial charge in [0.15, 0.2) is 11.5 Å². The average Bonchev–Trinajstić information content (AvgIpc) is 3.15. The first kappa shape index (κ1) is 20.2. The van der Waals surface area contributed by atoms with Crippen molar-refractivity contribution in [2.24, 2.45) is 4.99 Å². The lowest BCUT2D eigenvalue weighted by molar-refractivity contribution is -0.113. The number of anilines is 1. The number of para-hydroxylation sites is 1. The molecule has 1 aliphatic heterocycles. The van der Waals surface area contributed by atoms with Gasteiger partial charge in [-0.3, -0.25) is 9.69 Å². The summed E-state index contributed by atoms with van der Waals surface area (Å²) in [5.41, 5.74) is 2.64. The lowest BCUT2D eigenvalue weighted by Gasteiger charge is -2.18. The zero-order chi connectivity index (χ0) is 21.8. The van der Waals surface area contributed by atoms with Crippen LogP contribution in [0.5, 0.6) is 17.2 Å². The topological polar surface area (TPSA) is 60.4 Å². The third-order valence-electron chi connectivity index (χ3n) is 4.90. The molecule has 1 aliphatic rings. The van der Waals surface area contributed by atoms with Crippen molar-refractivity contribution in [1.82, 2.24) is 0 Å². The normalized spacial score (nSPS) is 14.5. The van der Waals surface area contributed by atoms with Gasteiger partial charge in [0.2, 0.25) is 5.75 Å². The van der Waals surface area contributed by atoms with Crippen LogP contribution in [0.3, 0.4) is 0 Å². The van der Waals surface area contributed by atoms with Crippen molar-refractivity contribution in [1.29, 1.82) is 0 Å². The van der Waals surface area contributed by atoms with Crippen molar-refractivity contribution < 1.29 is 19.0 Å². The number of nitrogens with zero attached hydrogens (tertiary/aromatic N) is 2. The molecule has 1 amide bonds. The lowest BCUT2D eigenvalue weighted by Crippen LogP contribution is -2.32. The average molecular weight is 414 g/mol. The van der Waals surface area contributed by atoms with Crippen LogP contribution in [0.1, 0.15) is 11.1 Å². The molecule has 0 spiro atoms. The van der Waals surface area contributed by atoms with Gasteiger partial charge in [-0.1, -0.05) is 48.5 Å². The molecule has 3 aromatic carbocycles. The van der Waals surface area contributed by atoms with E-state index in [-0.39, 0.29) is 5.91 Å². The van der Waals surface area contributed by atoms with Gasteiger partial charge < -0.3 is 14.2 Å². The maximum Gasteiger partial charge on any atom is 0.282 e. The van der Waals surface area contributed by atoms with Crippen LogP contribution in [-0.4, -0.2) is 33.1 Å². The fourth-order valence-electron chi connectivity index (χ4n) is 3.46. The number of aliphatic imine (C=N–C) groups is 1. The van der Waals surface area contributed by atoms with E-state index in [1.807, 2.05) is 60.7 Å². The van der Waals surface area contributed by atoms with Crippen LogP contribution >= 0.6 is 0 Å². The summed E-state index contributed by atoms with van der Waals surface area (Å²) in [5.74, 6) is 1.87. The number of rotatable bonds is 6. The summed E-state index contributed by atoms with van der Waals surface area (Å²) in [4.78, 5) is 19.7. The quantitative estimate of drug-likeness (QED) is 0.556. The number of methoxy groups -OCH3 is 3. The lowest BCUT2D eigenvalue weighted by atomic mass is 10.1. The van der Waals surface area contributed by atoms with E-state index in [1.165, 1.54) is 0 Å². The zero-order valence-corrected chi connectivity index (χ0v) is 17.5. The number of carbonyl (C=O) groups excluding carboxylic acids is 1. The third-order valence-corrected chi connectivity index (χ3v) is 4.90. The van der Waals surface area contributed by atoms with Gasteiger partial charge in [0, 0.05) is 5.56 Å². The van der Waals surface area contributed by atoms with Crippen molar-refractivity contribution in [2.45, 2.75) is 0 Å². The molecular weight excluding hydrogens is 392 g/mol. The van der Waals surface area contributed by atoms with Gasteiger partial charge in [0.1, 0.15) is 11.5 Å². The predicted octanol–water partition coefficient (Wildman–Crippen LogP) is 4.55. The largest absolute Gasteiger partial charge is 0.493 e. The van der Waals surface area contributed by atoms with Gasteiger partial charge in [-0.05, 0) is 35.9 Å². The molecule has 156 valence electrons. The first-order chi connectivity index (χ1) is 15.2. The Morgan fingerprint density at radius 1 is 0.806 bits per heavy atom. The minimum Gasteiger partial charge on any atom is -0.493 e. The van der Waals surface area contributed by atoms with Gasteiger partial charge in [0.05, 0.1) is 27.0 Å². The standard InChI is InChI=1S/C25H22N2O4/c1-29-21-15-17(16-22(30-2)23(21)31-3)14-20-25(28)27(19-12-8-5-9-13-19)24(26-20)18-10-6-4-7-11-18/h4-16H,1-3H3/b20-14-. The summed E-state index contributed by atoms with van der Waals surface area (Å²) >= 11 is 0. The molecule has 0 bridgehead atoms. The van der Waals surface area contributed by atoms with Crippen molar-refractivity contribution >= 4 is 23.5 Å². The number of amidine groups is 1. The Hall–Kier alpha value is -4.06. The van der Waals surface area contributed by atoms with Gasteiger partial charge in [0.25, 0.3) is 5.91 Å². The van der Waals surface area contributed by atoms with Crippen LogP contribution in [0.25, 0.3) is 6.08 Å². The highest BCUT2D eigenvalue weighted by atomic mass is 16.5. The molecular formula is C25H22N2O4. The molecule has 0 aromatic heterocycles. The van der Waals surface area contributed by atoms with Crippen LogP contribution < -0.4 is 19.1 Å². The van der Waals surface area contributed by atoms with Crippen LogP contribution in [0.4, 0.5) is 5.69 Å². The molecule has 6 heteroatoms. The predicted molar refractivity (Wildman–Crippen MR) is 121 cm³/mol. The van der Waals surface area contributed by atoms with Crippen LogP contribution in [0.15, 0.2) is 83.5 Å². The first-order valence-electron chi connectivity index (χ1n) is 9.71. The number of carbonyl (C=O) groups is 1. The van der Waals surface area contributed by atoms with E-state index in [1.54, 1.807) is 44.4 Å². The molecule has 0 aliphatic carbocycles. The Morgan fingerprint density at radius 2 is 1.39 bits per heavy atom. The Labute approximate surface area is 181 Å². The van der Waals surface area contributed by atoms with Crippen LogP contribution in [0, 0.1) is 0 Å². The molecule has 0 atom stereocenters. The first-order valence-corrected chi connectivity index (χ1v) is 9.71. The monoisotopic (exact) mass is 414 g/mol. The van der Waals surface area contributed by atoms with Gasteiger partial charge in [-0.2, -0.15) is 0 Å². The fourth-order valence-corrected chi connectivity index (χ4v) is 3.46. The molecule has 0 fully saturated rings. The number of hydrogen-bond donors (Lipinski definition) is 0. The molecule has 31 heavy (non-hydrogen) atoms. The van der Waals surface area contributed by atoms with Crippen molar-refractivity contribution in [3.63, 3.8) is 0 Å². The van der Waals surface area contributed by atoms with E-state index < -0.39 is 0 Å². The fraction of sp³-hybridized carbons (Fsp3) is 0.120. The van der Waals surface area contributed by atoms with E-state index in [0.29, 0.717) is 34.3 Å². The SMILES string of the molecule is COc1cc(/C=C2\N=C(c3ccccc3)N(c3ccccc3)C2=O)cc(OC)c1OC. The minimum absolute atomic E-state index is 0.209. The maximum absolute atomic E-state index is 13.4. The third kappa shape index (κ3) is 3.88. The van der Waals surface area contributed by atoms with E-state index >= 15 is 0 Å². The highest BCUT2D eigenvalue weighted by Gasteiger charge is 2.32. The van der Waals surface area contributed by atoms with E-state index in [4.69, 9.17) is 14.2 Å². The molecule has 0 saturated carbocycles. The van der Waals surface area contributed by atoms with E-state index in [2.05, 4.69) is 4.99 Å². The number of benzene rings is 3. The number of hydrogen-bond acceptors (Lipinski definition) is 5. The maximum atomic E-state index is 13.4. The Kier molecular flexibility index (Phi) is 5.71. The van der Waals surface area contributed by atoms with Gasteiger partial charge in [-0.25, -0.2) is 4.99 Å². The zero-order valence-electron chi connectivity index (χ0n) is 17.5. The Balaban J connectivity index is 1.83. The van der Waals surface area contributed by atoms with Crippen molar-refractivity contribution in [3.05, 3.63) is 89.6 Å². The molecule has 0 unspecified atom stereocenters. The highest BCUT2D eigenvalue weighted by molar-refractivity contribution is 6.33. The second-order valence-corrected chi connectivity index (χ2v) is 6.77.